The molecule has 1 amide bonds. The molecule has 0 aromatic heterocycles. The van der Waals surface area contributed by atoms with Crippen molar-refractivity contribution in [1.29, 1.82) is 0 Å². The standard InChI is InChI=1S/C35H56N2O9/c1-9-27(43-8)25(5)32-33(45-32)31(46-34(41)37-19-17-36(7)18-20-37)23(3)12-10-11-22(2)30-24(4)13-14-28(39)35(6,42)16-15-26(38)21-29(40)44-30/h10-14,23,25-28,30-33,38-39,42H,4,9,15-21H2,1-3,5-8H3/b12-10+,14-13+,22-11+. The topological polar surface area (TPSA) is 142 Å². The third kappa shape index (κ3) is 10.5. The lowest BCUT2D eigenvalue weighted by molar-refractivity contribution is -0.148. The first-order valence-electron chi connectivity index (χ1n) is 16.5. The lowest BCUT2D eigenvalue weighted by Gasteiger charge is -2.33. The molecule has 0 radical (unpaired) electrons. The molecule has 260 valence electrons. The number of cyclic esters (lactones) is 1. The molecule has 46 heavy (non-hydrogen) atoms. The molecular formula is C35H56N2O9. The van der Waals surface area contributed by atoms with Crippen LogP contribution in [0.2, 0.25) is 0 Å². The molecule has 0 saturated carbocycles. The molecule has 10 unspecified atom stereocenters. The van der Waals surface area contributed by atoms with E-state index in [2.05, 4.69) is 25.3 Å². The largest absolute Gasteiger partial charge is 0.453 e. The maximum Gasteiger partial charge on any atom is 0.410 e. The van der Waals surface area contributed by atoms with Crippen LogP contribution in [0.25, 0.3) is 0 Å². The number of methoxy groups -OCH3 is 1. The second-order valence-electron chi connectivity index (χ2n) is 13.4. The number of allylic oxidation sites excluding steroid dienone is 2. The first-order chi connectivity index (χ1) is 21.7. The number of esters is 1. The van der Waals surface area contributed by atoms with Gasteiger partial charge in [-0.3, -0.25) is 4.79 Å². The van der Waals surface area contributed by atoms with E-state index in [4.69, 9.17) is 18.9 Å². The molecule has 0 spiro atoms. The summed E-state index contributed by atoms with van der Waals surface area (Å²) in [5.41, 5.74) is -0.419. The van der Waals surface area contributed by atoms with Gasteiger partial charge in [-0.1, -0.05) is 57.7 Å². The molecule has 3 N–H and O–H groups in total. The van der Waals surface area contributed by atoms with E-state index in [9.17, 15) is 24.9 Å². The predicted octanol–water partition coefficient (Wildman–Crippen LogP) is 3.39. The van der Waals surface area contributed by atoms with Crippen molar-refractivity contribution in [3.05, 3.63) is 48.1 Å². The van der Waals surface area contributed by atoms with E-state index in [1.165, 1.54) is 13.0 Å². The van der Waals surface area contributed by atoms with Gasteiger partial charge < -0.3 is 44.1 Å². The number of likely N-dealkylation sites (N-methyl/N-ethyl adjacent to an activating group) is 1. The summed E-state index contributed by atoms with van der Waals surface area (Å²) >= 11 is 0. The maximum absolute atomic E-state index is 13.2. The van der Waals surface area contributed by atoms with E-state index in [1.54, 1.807) is 31.1 Å². The molecule has 3 rings (SSSR count). The van der Waals surface area contributed by atoms with Crippen molar-refractivity contribution in [2.45, 2.75) is 109 Å². The van der Waals surface area contributed by atoms with Crippen LogP contribution in [0.1, 0.15) is 60.3 Å². The number of hydrogen-bond acceptors (Lipinski definition) is 10. The summed E-state index contributed by atoms with van der Waals surface area (Å²) in [5.74, 6) is -0.681. The first-order valence-corrected chi connectivity index (χ1v) is 16.5. The smallest absolute Gasteiger partial charge is 0.410 e. The van der Waals surface area contributed by atoms with E-state index in [1.807, 2.05) is 26.1 Å². The molecule has 0 aliphatic carbocycles. The van der Waals surface area contributed by atoms with Gasteiger partial charge in [0.05, 0.1) is 30.3 Å². The van der Waals surface area contributed by atoms with Crippen molar-refractivity contribution >= 4 is 12.1 Å². The summed E-state index contributed by atoms with van der Waals surface area (Å²) in [5, 5.41) is 31.5. The number of epoxide rings is 1. The Bertz CT molecular complexity index is 1120. The van der Waals surface area contributed by atoms with Gasteiger partial charge in [0.15, 0.2) is 0 Å². The number of ether oxygens (including phenoxy) is 4. The zero-order valence-electron chi connectivity index (χ0n) is 28.6. The highest BCUT2D eigenvalue weighted by Gasteiger charge is 2.53. The highest BCUT2D eigenvalue weighted by Crippen LogP contribution is 2.39. The highest BCUT2D eigenvalue weighted by atomic mass is 16.6. The Morgan fingerprint density at radius 2 is 1.89 bits per heavy atom. The third-order valence-electron chi connectivity index (χ3n) is 9.50. The number of nitrogens with zero attached hydrogens (tertiary/aromatic N) is 2. The van der Waals surface area contributed by atoms with Crippen molar-refractivity contribution in [2.24, 2.45) is 11.8 Å². The van der Waals surface area contributed by atoms with E-state index in [0.29, 0.717) is 24.2 Å². The fourth-order valence-electron chi connectivity index (χ4n) is 6.07. The minimum Gasteiger partial charge on any atom is -0.453 e. The fraction of sp³-hybridized carbons (Fsp3) is 0.714. The number of aliphatic hydroxyl groups is 3. The van der Waals surface area contributed by atoms with Crippen LogP contribution in [0.4, 0.5) is 4.79 Å². The van der Waals surface area contributed by atoms with Crippen molar-refractivity contribution < 1.29 is 43.9 Å². The lowest BCUT2D eigenvalue weighted by atomic mass is 9.90. The van der Waals surface area contributed by atoms with E-state index in [0.717, 1.165) is 19.5 Å². The lowest BCUT2D eigenvalue weighted by Crippen LogP contribution is -2.49. The second kappa shape index (κ2) is 17.0. The van der Waals surface area contributed by atoms with Gasteiger partial charge in [-0.05, 0) is 51.3 Å². The summed E-state index contributed by atoms with van der Waals surface area (Å²) in [7, 11) is 3.73. The van der Waals surface area contributed by atoms with Crippen LogP contribution in [-0.4, -0.2) is 126 Å². The number of amides is 1. The Hall–Kier alpha value is -2.54. The van der Waals surface area contributed by atoms with Crippen molar-refractivity contribution in [3.63, 3.8) is 0 Å². The SMILES string of the molecule is C=C1/C=C/C(O)C(C)(O)CCC(O)CC(=O)OC1/C(C)=C/C=C/C(C)C(OC(=O)N1CCN(C)CC1)C1OC1C(C)C(CC)OC. The Morgan fingerprint density at radius 3 is 2.52 bits per heavy atom. The number of carbonyl (C=O) groups excluding carboxylic acids is 2. The molecule has 0 aromatic rings. The number of carbonyl (C=O) groups is 2. The van der Waals surface area contributed by atoms with Gasteiger partial charge in [0.25, 0.3) is 0 Å². The van der Waals surface area contributed by atoms with Gasteiger partial charge in [-0.2, -0.15) is 0 Å². The molecule has 3 aliphatic rings. The molecule has 2 fully saturated rings. The maximum atomic E-state index is 13.2. The van der Waals surface area contributed by atoms with Crippen LogP contribution in [0.3, 0.4) is 0 Å². The van der Waals surface area contributed by atoms with Crippen LogP contribution >= 0.6 is 0 Å². The van der Waals surface area contributed by atoms with Crippen LogP contribution in [0, 0.1) is 11.8 Å². The average molecular weight is 649 g/mol. The van der Waals surface area contributed by atoms with Crippen molar-refractivity contribution in [1.82, 2.24) is 9.80 Å². The van der Waals surface area contributed by atoms with Gasteiger partial charge in [0, 0.05) is 45.1 Å². The number of aliphatic hydroxyl groups excluding tert-OH is 2. The Morgan fingerprint density at radius 1 is 1.22 bits per heavy atom. The number of piperazine rings is 1. The van der Waals surface area contributed by atoms with Gasteiger partial charge in [0.1, 0.15) is 24.4 Å². The zero-order valence-corrected chi connectivity index (χ0v) is 28.6. The van der Waals surface area contributed by atoms with Crippen LogP contribution in [0.15, 0.2) is 48.1 Å². The van der Waals surface area contributed by atoms with E-state index >= 15 is 0 Å². The van der Waals surface area contributed by atoms with E-state index < -0.39 is 36.0 Å². The summed E-state index contributed by atoms with van der Waals surface area (Å²) in [6.07, 6.45) is 5.08. The molecule has 3 heterocycles. The second-order valence-corrected chi connectivity index (χ2v) is 13.4. The van der Waals surface area contributed by atoms with Gasteiger partial charge in [-0.25, -0.2) is 4.79 Å². The predicted molar refractivity (Wildman–Crippen MR) is 175 cm³/mol. The zero-order chi connectivity index (χ0) is 34.2. The summed E-state index contributed by atoms with van der Waals surface area (Å²) in [6.45, 7) is 16.2. The van der Waals surface area contributed by atoms with E-state index in [-0.39, 0.29) is 55.5 Å². The monoisotopic (exact) mass is 648 g/mol. The molecule has 0 bridgehead atoms. The normalized spacial score (nSPS) is 33.7. The van der Waals surface area contributed by atoms with Gasteiger partial charge in [-0.15, -0.1) is 0 Å². The minimum absolute atomic E-state index is 0.0320. The molecule has 3 aliphatic heterocycles. The summed E-state index contributed by atoms with van der Waals surface area (Å²) < 4.78 is 23.6. The van der Waals surface area contributed by atoms with Crippen LogP contribution in [0.5, 0.6) is 0 Å². The van der Waals surface area contributed by atoms with Gasteiger partial charge in [0.2, 0.25) is 0 Å². The summed E-state index contributed by atoms with van der Waals surface area (Å²) in [6, 6.07) is 0. The average Bonchev–Trinajstić information content (AvgIpc) is 3.81. The molecule has 10 atom stereocenters. The van der Waals surface area contributed by atoms with Gasteiger partial charge >= 0.3 is 12.1 Å². The van der Waals surface area contributed by atoms with Crippen LogP contribution in [-0.2, 0) is 23.7 Å². The van der Waals surface area contributed by atoms with Crippen LogP contribution < -0.4 is 0 Å². The molecule has 0 aromatic carbocycles. The Labute approximate surface area is 274 Å². The molecule has 11 nitrogen and oxygen atoms in total. The number of rotatable bonds is 10. The molecular weight excluding hydrogens is 592 g/mol. The minimum atomic E-state index is -1.48. The Balaban J connectivity index is 1.79. The quantitative estimate of drug-likeness (QED) is 0.183. The fourth-order valence-corrected chi connectivity index (χ4v) is 6.07. The molecule has 2 saturated heterocycles. The summed E-state index contributed by atoms with van der Waals surface area (Å²) in [4.78, 5) is 29.8. The van der Waals surface area contributed by atoms with Crippen molar-refractivity contribution in [2.75, 3.05) is 40.3 Å². The number of hydrogen-bond donors (Lipinski definition) is 3. The Kier molecular flexibility index (Phi) is 14.0. The first kappa shape index (κ1) is 37.9. The highest BCUT2D eigenvalue weighted by molar-refractivity contribution is 5.71. The third-order valence-corrected chi connectivity index (χ3v) is 9.50. The molecule has 11 heteroatoms. The van der Waals surface area contributed by atoms with Crippen molar-refractivity contribution in [3.8, 4) is 0 Å².